The number of hydrogen-bond acceptors (Lipinski definition) is 3. The van der Waals surface area contributed by atoms with Crippen LogP contribution >= 0.6 is 0 Å². The van der Waals surface area contributed by atoms with Gasteiger partial charge in [0.2, 0.25) is 0 Å². The lowest BCUT2D eigenvalue weighted by atomic mass is 10.1. The van der Waals surface area contributed by atoms with Gasteiger partial charge in [-0.15, -0.1) is 0 Å². The molecule has 0 radical (unpaired) electrons. The molecule has 0 amide bonds. The molecular weight excluding hydrogens is 237 g/mol. The standard InChI is InChI=1S/C10H11F3N2O2/c11-10(12,13)8(9(14)15-16)6-17-7-4-2-1-3-5-7/h1-5,8,16H,6H2,(H2,14,15). The Balaban J connectivity index is 2.69. The summed E-state index contributed by atoms with van der Waals surface area (Å²) in [6.45, 7) is -0.733. The van der Waals surface area contributed by atoms with Gasteiger partial charge in [-0.25, -0.2) is 0 Å². The van der Waals surface area contributed by atoms with Crippen LogP contribution in [0.25, 0.3) is 0 Å². The Morgan fingerprint density at radius 1 is 1.35 bits per heavy atom. The normalized spacial score (nSPS) is 14.4. The van der Waals surface area contributed by atoms with Gasteiger partial charge in [-0.2, -0.15) is 13.2 Å². The maximum atomic E-state index is 12.5. The Kier molecular flexibility index (Phi) is 4.19. The van der Waals surface area contributed by atoms with Gasteiger partial charge >= 0.3 is 6.18 Å². The molecule has 17 heavy (non-hydrogen) atoms. The van der Waals surface area contributed by atoms with Crippen LogP contribution in [0.3, 0.4) is 0 Å². The third-order valence-corrected chi connectivity index (χ3v) is 2.03. The highest BCUT2D eigenvalue weighted by Crippen LogP contribution is 2.27. The van der Waals surface area contributed by atoms with Gasteiger partial charge in [0.15, 0.2) is 5.84 Å². The van der Waals surface area contributed by atoms with Crippen molar-refractivity contribution in [2.45, 2.75) is 6.18 Å². The van der Waals surface area contributed by atoms with Crippen LogP contribution in [0, 0.1) is 5.92 Å². The summed E-state index contributed by atoms with van der Waals surface area (Å²) in [4.78, 5) is 0. The SMILES string of the molecule is N/C(=N/O)C(COc1ccccc1)C(F)(F)F. The Morgan fingerprint density at radius 3 is 2.41 bits per heavy atom. The Labute approximate surface area is 95.5 Å². The molecule has 0 aliphatic rings. The predicted octanol–water partition coefficient (Wildman–Crippen LogP) is 1.99. The molecule has 0 saturated heterocycles. The van der Waals surface area contributed by atoms with Crippen LogP contribution in [0.1, 0.15) is 0 Å². The molecule has 1 aromatic rings. The van der Waals surface area contributed by atoms with Gasteiger partial charge in [-0.05, 0) is 12.1 Å². The van der Waals surface area contributed by atoms with E-state index in [1.807, 2.05) is 0 Å². The van der Waals surface area contributed by atoms with Crippen LogP contribution in [-0.4, -0.2) is 23.8 Å². The van der Waals surface area contributed by atoms with Gasteiger partial charge in [0.05, 0.1) is 0 Å². The van der Waals surface area contributed by atoms with Crippen molar-refractivity contribution >= 4 is 5.84 Å². The number of ether oxygens (including phenoxy) is 1. The Morgan fingerprint density at radius 2 is 1.94 bits per heavy atom. The van der Waals surface area contributed by atoms with Crippen molar-refractivity contribution in [3.8, 4) is 5.75 Å². The van der Waals surface area contributed by atoms with Crippen LogP contribution < -0.4 is 10.5 Å². The van der Waals surface area contributed by atoms with E-state index in [2.05, 4.69) is 5.16 Å². The molecule has 0 heterocycles. The molecule has 1 aromatic carbocycles. The van der Waals surface area contributed by atoms with Crippen LogP contribution in [0.4, 0.5) is 13.2 Å². The van der Waals surface area contributed by atoms with Crippen molar-refractivity contribution in [1.29, 1.82) is 0 Å². The zero-order chi connectivity index (χ0) is 12.9. The quantitative estimate of drug-likeness (QED) is 0.370. The minimum atomic E-state index is -4.62. The molecule has 0 aromatic heterocycles. The third-order valence-electron chi connectivity index (χ3n) is 2.03. The van der Waals surface area contributed by atoms with Gasteiger partial charge in [-0.3, -0.25) is 0 Å². The second-order valence-corrected chi connectivity index (χ2v) is 3.24. The van der Waals surface area contributed by atoms with E-state index in [9.17, 15) is 13.2 Å². The molecule has 0 aliphatic heterocycles. The lowest BCUT2D eigenvalue weighted by Gasteiger charge is -2.19. The van der Waals surface area contributed by atoms with Crippen molar-refractivity contribution in [2.24, 2.45) is 16.8 Å². The first-order valence-corrected chi connectivity index (χ1v) is 4.67. The zero-order valence-corrected chi connectivity index (χ0v) is 8.69. The van der Waals surface area contributed by atoms with E-state index < -0.39 is 24.5 Å². The molecule has 4 nitrogen and oxygen atoms in total. The number of para-hydroxylation sites is 1. The van der Waals surface area contributed by atoms with E-state index in [1.54, 1.807) is 18.2 Å². The first-order valence-electron chi connectivity index (χ1n) is 4.67. The summed E-state index contributed by atoms with van der Waals surface area (Å²) < 4.78 is 42.5. The molecule has 1 unspecified atom stereocenters. The number of alkyl halides is 3. The molecule has 7 heteroatoms. The van der Waals surface area contributed by atoms with Crippen LogP contribution in [-0.2, 0) is 0 Å². The minimum absolute atomic E-state index is 0.285. The second kappa shape index (κ2) is 5.42. The van der Waals surface area contributed by atoms with Gasteiger partial charge in [0, 0.05) is 0 Å². The van der Waals surface area contributed by atoms with Crippen molar-refractivity contribution < 1.29 is 23.1 Å². The summed E-state index contributed by atoms with van der Waals surface area (Å²) in [7, 11) is 0. The van der Waals surface area contributed by atoms with E-state index >= 15 is 0 Å². The summed E-state index contributed by atoms with van der Waals surface area (Å²) in [5, 5.41) is 10.6. The Hall–Kier alpha value is -1.92. The summed E-state index contributed by atoms with van der Waals surface area (Å²) in [5.74, 6) is -2.77. The molecule has 0 fully saturated rings. The van der Waals surface area contributed by atoms with Crippen LogP contribution in [0.15, 0.2) is 35.5 Å². The predicted molar refractivity (Wildman–Crippen MR) is 54.9 cm³/mol. The average Bonchev–Trinajstić information content (AvgIpc) is 2.28. The summed E-state index contributed by atoms with van der Waals surface area (Å²) in [5.41, 5.74) is 4.97. The van der Waals surface area contributed by atoms with E-state index in [-0.39, 0.29) is 5.75 Å². The van der Waals surface area contributed by atoms with Crippen molar-refractivity contribution in [2.75, 3.05) is 6.61 Å². The number of halogens is 3. The number of nitrogens with two attached hydrogens (primary N) is 1. The highest BCUT2D eigenvalue weighted by atomic mass is 19.4. The molecule has 3 N–H and O–H groups in total. The summed E-state index contributed by atoms with van der Waals surface area (Å²) in [6, 6.07) is 7.99. The van der Waals surface area contributed by atoms with Gasteiger partial charge < -0.3 is 15.7 Å². The maximum absolute atomic E-state index is 12.5. The highest BCUT2D eigenvalue weighted by Gasteiger charge is 2.43. The molecule has 1 rings (SSSR count). The van der Waals surface area contributed by atoms with Gasteiger partial charge in [0.25, 0.3) is 0 Å². The van der Waals surface area contributed by atoms with Crippen LogP contribution in [0.2, 0.25) is 0 Å². The molecule has 0 bridgehead atoms. The minimum Gasteiger partial charge on any atom is -0.492 e. The fourth-order valence-corrected chi connectivity index (χ4v) is 1.11. The van der Waals surface area contributed by atoms with Crippen molar-refractivity contribution in [1.82, 2.24) is 0 Å². The second-order valence-electron chi connectivity index (χ2n) is 3.24. The monoisotopic (exact) mass is 248 g/mol. The molecule has 0 spiro atoms. The zero-order valence-electron chi connectivity index (χ0n) is 8.69. The van der Waals surface area contributed by atoms with Gasteiger partial charge in [-0.1, -0.05) is 23.4 Å². The van der Waals surface area contributed by atoms with E-state index in [4.69, 9.17) is 15.7 Å². The third kappa shape index (κ3) is 3.86. The van der Waals surface area contributed by atoms with E-state index in [0.29, 0.717) is 0 Å². The lowest BCUT2D eigenvalue weighted by molar-refractivity contribution is -0.162. The first kappa shape index (κ1) is 13.1. The molecular formula is C10H11F3N2O2. The van der Waals surface area contributed by atoms with E-state index in [0.717, 1.165) is 0 Å². The maximum Gasteiger partial charge on any atom is 0.402 e. The molecule has 94 valence electrons. The number of oxime groups is 1. The first-order chi connectivity index (χ1) is 7.95. The number of hydrogen-bond donors (Lipinski definition) is 2. The number of nitrogens with zero attached hydrogens (tertiary/aromatic N) is 1. The fourth-order valence-electron chi connectivity index (χ4n) is 1.11. The summed E-state index contributed by atoms with van der Waals surface area (Å²) in [6.07, 6.45) is -4.62. The van der Waals surface area contributed by atoms with Crippen LogP contribution in [0.5, 0.6) is 5.75 Å². The highest BCUT2D eigenvalue weighted by molar-refractivity contribution is 5.83. The largest absolute Gasteiger partial charge is 0.492 e. The number of amidine groups is 1. The van der Waals surface area contributed by atoms with E-state index in [1.165, 1.54) is 12.1 Å². The molecule has 0 saturated carbocycles. The number of benzene rings is 1. The molecule has 0 aliphatic carbocycles. The average molecular weight is 248 g/mol. The lowest BCUT2D eigenvalue weighted by Crippen LogP contribution is -2.40. The smallest absolute Gasteiger partial charge is 0.402 e. The Bertz CT molecular complexity index is 379. The van der Waals surface area contributed by atoms with Crippen molar-refractivity contribution in [3.05, 3.63) is 30.3 Å². The number of rotatable bonds is 4. The topological polar surface area (TPSA) is 67.8 Å². The fraction of sp³-hybridized carbons (Fsp3) is 0.300. The van der Waals surface area contributed by atoms with Crippen molar-refractivity contribution in [3.63, 3.8) is 0 Å². The van der Waals surface area contributed by atoms with Gasteiger partial charge in [0.1, 0.15) is 18.3 Å². The molecule has 1 atom stereocenters. The summed E-state index contributed by atoms with van der Waals surface area (Å²) >= 11 is 0.